The Kier molecular flexibility index (Phi) is 6.67. The van der Waals surface area contributed by atoms with Gasteiger partial charge in [-0.25, -0.2) is 31.7 Å². The van der Waals surface area contributed by atoms with Crippen molar-refractivity contribution in [1.29, 1.82) is 0 Å². The number of carbonyl (C=O) groups excluding carboxylic acids is 1. The number of benzene rings is 1. The van der Waals surface area contributed by atoms with Crippen molar-refractivity contribution in [2.75, 3.05) is 23.0 Å². The Morgan fingerprint density at radius 2 is 2.03 bits per heavy atom. The lowest BCUT2D eigenvalue weighted by Crippen LogP contribution is -2.20. The van der Waals surface area contributed by atoms with Crippen molar-refractivity contribution in [2.45, 2.75) is 13.0 Å². The quantitative estimate of drug-likeness (QED) is 0.548. The van der Waals surface area contributed by atoms with Gasteiger partial charge in [0.05, 0.1) is 23.3 Å². The molecular weight excluding hydrogens is 446 g/mol. The van der Waals surface area contributed by atoms with Crippen LogP contribution in [-0.4, -0.2) is 47.4 Å². The van der Waals surface area contributed by atoms with E-state index in [2.05, 4.69) is 25.3 Å². The fourth-order valence-corrected chi connectivity index (χ4v) is 3.44. The number of pyridine rings is 1. The van der Waals surface area contributed by atoms with Gasteiger partial charge in [-0.3, -0.25) is 10.0 Å². The molecule has 0 fully saturated rings. The number of ether oxygens (including phenoxy) is 1. The van der Waals surface area contributed by atoms with Gasteiger partial charge < -0.3 is 4.74 Å². The second-order valence-electron chi connectivity index (χ2n) is 6.84. The maximum atomic E-state index is 13.4. The largest absolute Gasteiger partial charge is 0.438 e. The van der Waals surface area contributed by atoms with Gasteiger partial charge >= 0.3 is 6.09 Å². The minimum atomic E-state index is -3.49. The van der Waals surface area contributed by atoms with E-state index < -0.39 is 34.7 Å². The van der Waals surface area contributed by atoms with Crippen LogP contribution >= 0.6 is 0 Å². The lowest BCUT2D eigenvalue weighted by Gasteiger charge is -2.16. The second kappa shape index (κ2) is 9.26. The first-order valence-electron chi connectivity index (χ1n) is 9.22. The van der Waals surface area contributed by atoms with Crippen LogP contribution in [0.2, 0.25) is 0 Å². The number of nitrogens with one attached hydrogen (secondary N) is 2. The molecule has 0 saturated carbocycles. The number of hydrogen-bond acceptors (Lipinski definition) is 7. The molecule has 1 amide bonds. The molecule has 1 aromatic carbocycles. The summed E-state index contributed by atoms with van der Waals surface area (Å²) in [5.41, 5.74) is 1.31. The van der Waals surface area contributed by atoms with Gasteiger partial charge in [0.15, 0.2) is 17.6 Å². The maximum absolute atomic E-state index is 13.4. The number of rotatable bonds is 7. The van der Waals surface area contributed by atoms with Gasteiger partial charge in [0.1, 0.15) is 12.5 Å². The zero-order valence-electron chi connectivity index (χ0n) is 17.3. The zero-order valence-corrected chi connectivity index (χ0v) is 18.2. The van der Waals surface area contributed by atoms with Gasteiger partial charge in [0.25, 0.3) is 0 Å². The predicted octanol–water partition coefficient (Wildman–Crippen LogP) is 2.96. The molecular formula is C19H20F2N6O4S. The molecule has 0 aliphatic rings. The number of carbonyl (C=O) groups is 1. The van der Waals surface area contributed by atoms with E-state index >= 15 is 0 Å². The number of halogens is 2. The molecule has 2 aromatic heterocycles. The number of aryl methyl sites for hydroxylation is 2. The van der Waals surface area contributed by atoms with E-state index in [4.69, 9.17) is 4.74 Å². The van der Waals surface area contributed by atoms with Crippen LogP contribution in [0.4, 0.5) is 25.1 Å². The second-order valence-corrected chi connectivity index (χ2v) is 8.59. The van der Waals surface area contributed by atoms with Crippen molar-refractivity contribution in [3.63, 3.8) is 0 Å². The molecule has 0 bridgehead atoms. The van der Waals surface area contributed by atoms with Gasteiger partial charge in [-0.15, -0.1) is 5.10 Å². The van der Waals surface area contributed by atoms with Gasteiger partial charge in [0.2, 0.25) is 10.0 Å². The summed E-state index contributed by atoms with van der Waals surface area (Å²) >= 11 is 0. The summed E-state index contributed by atoms with van der Waals surface area (Å²) in [5.74, 6) is -0.471. The van der Waals surface area contributed by atoms with Crippen LogP contribution < -0.4 is 10.0 Å². The monoisotopic (exact) mass is 466 g/mol. The molecule has 0 radical (unpaired) electrons. The highest BCUT2D eigenvalue weighted by Gasteiger charge is 2.22. The first kappa shape index (κ1) is 23.1. The number of aromatic nitrogens is 4. The lowest BCUT2D eigenvalue weighted by molar-refractivity contribution is 0.0926. The van der Waals surface area contributed by atoms with E-state index in [1.165, 1.54) is 42.1 Å². The molecule has 0 unspecified atom stereocenters. The van der Waals surface area contributed by atoms with Crippen molar-refractivity contribution in [3.8, 4) is 11.4 Å². The molecule has 32 heavy (non-hydrogen) atoms. The molecule has 2 N–H and O–H groups in total. The van der Waals surface area contributed by atoms with Crippen LogP contribution in [0.25, 0.3) is 11.4 Å². The standard InChI is InChI=1S/C19H20F2N6O4S/c1-11-14(25-32(3,29)30)7-8-15(22-11)17-18(27(2)26-24-17)23-19(28)31-16(10-20)12-5-4-6-13(21)9-12/h4-9,16,25H,10H2,1-3H3,(H,23,28)/t16-/m1/s1. The smallest absolute Gasteiger partial charge is 0.413 e. The SMILES string of the molecule is Cc1nc(-c2nnn(C)c2NC(=O)O[C@H](CF)c2cccc(F)c2)ccc1NS(C)(=O)=O. The van der Waals surface area contributed by atoms with Crippen molar-refractivity contribution in [2.24, 2.45) is 7.05 Å². The van der Waals surface area contributed by atoms with Gasteiger partial charge in [-0.2, -0.15) is 0 Å². The number of nitrogens with zero attached hydrogens (tertiary/aromatic N) is 4. The van der Waals surface area contributed by atoms with Crippen LogP contribution in [0.5, 0.6) is 0 Å². The minimum Gasteiger partial charge on any atom is -0.438 e. The van der Waals surface area contributed by atoms with E-state index in [1.807, 2.05) is 0 Å². The van der Waals surface area contributed by atoms with Crippen LogP contribution in [-0.2, 0) is 21.8 Å². The van der Waals surface area contributed by atoms with Crippen LogP contribution in [0.15, 0.2) is 36.4 Å². The van der Waals surface area contributed by atoms with E-state index in [0.717, 1.165) is 12.3 Å². The topological polar surface area (TPSA) is 128 Å². The van der Waals surface area contributed by atoms with Crippen LogP contribution in [0.1, 0.15) is 17.4 Å². The van der Waals surface area contributed by atoms with Crippen LogP contribution in [0, 0.1) is 12.7 Å². The van der Waals surface area contributed by atoms with E-state index in [-0.39, 0.29) is 22.8 Å². The van der Waals surface area contributed by atoms with Gasteiger partial charge in [-0.05, 0) is 36.8 Å². The lowest BCUT2D eigenvalue weighted by atomic mass is 10.1. The Balaban J connectivity index is 1.81. The normalized spacial score (nSPS) is 12.3. The molecule has 0 saturated heterocycles. The fraction of sp³-hybridized carbons (Fsp3) is 0.263. The summed E-state index contributed by atoms with van der Waals surface area (Å²) in [4.78, 5) is 16.7. The third kappa shape index (κ3) is 5.55. The summed E-state index contributed by atoms with van der Waals surface area (Å²) in [7, 11) is -1.97. The Morgan fingerprint density at radius 1 is 1.28 bits per heavy atom. The highest BCUT2D eigenvalue weighted by atomic mass is 32.2. The number of alkyl halides is 1. The van der Waals surface area contributed by atoms with Crippen molar-refractivity contribution < 1.29 is 26.7 Å². The Bertz CT molecular complexity index is 1250. The highest BCUT2D eigenvalue weighted by Crippen LogP contribution is 2.27. The van der Waals surface area contributed by atoms with Crippen molar-refractivity contribution >= 4 is 27.6 Å². The molecule has 13 heteroatoms. The molecule has 3 rings (SSSR count). The molecule has 0 spiro atoms. The van der Waals surface area contributed by atoms with E-state index in [9.17, 15) is 22.0 Å². The van der Waals surface area contributed by atoms with E-state index in [1.54, 1.807) is 6.92 Å². The first-order chi connectivity index (χ1) is 15.1. The highest BCUT2D eigenvalue weighted by molar-refractivity contribution is 7.92. The molecule has 2 heterocycles. The molecule has 10 nitrogen and oxygen atoms in total. The summed E-state index contributed by atoms with van der Waals surface area (Å²) in [6.07, 6.45) is -1.29. The maximum Gasteiger partial charge on any atom is 0.413 e. The van der Waals surface area contributed by atoms with E-state index in [0.29, 0.717) is 11.4 Å². The molecule has 3 aromatic rings. The van der Waals surface area contributed by atoms with Crippen LogP contribution in [0.3, 0.4) is 0 Å². The zero-order chi connectivity index (χ0) is 23.5. The summed E-state index contributed by atoms with van der Waals surface area (Å²) in [5, 5.41) is 10.3. The number of anilines is 2. The Morgan fingerprint density at radius 3 is 2.66 bits per heavy atom. The molecule has 1 atom stereocenters. The Labute approximate surface area is 182 Å². The summed E-state index contributed by atoms with van der Waals surface area (Å²) < 4.78 is 58.4. The third-order valence-electron chi connectivity index (χ3n) is 4.28. The third-order valence-corrected chi connectivity index (χ3v) is 4.87. The van der Waals surface area contributed by atoms with Gasteiger partial charge in [-0.1, -0.05) is 17.3 Å². The molecule has 0 aliphatic heterocycles. The number of hydrogen-bond donors (Lipinski definition) is 2. The average Bonchev–Trinajstić information content (AvgIpc) is 3.07. The molecule has 0 aliphatic carbocycles. The summed E-state index contributed by atoms with van der Waals surface area (Å²) in [6, 6.07) is 8.09. The molecule has 170 valence electrons. The average molecular weight is 466 g/mol. The van der Waals surface area contributed by atoms with Gasteiger partial charge in [0, 0.05) is 7.05 Å². The predicted molar refractivity (Wildman–Crippen MR) is 113 cm³/mol. The van der Waals surface area contributed by atoms with Crippen molar-refractivity contribution in [1.82, 2.24) is 20.0 Å². The summed E-state index contributed by atoms with van der Waals surface area (Å²) in [6.45, 7) is 0.544. The van der Waals surface area contributed by atoms with Crippen molar-refractivity contribution in [3.05, 3.63) is 53.5 Å². The number of sulfonamides is 1. The Hall–Kier alpha value is -3.61. The minimum absolute atomic E-state index is 0.113. The fourth-order valence-electron chi connectivity index (χ4n) is 2.82. The number of amides is 1. The first-order valence-corrected chi connectivity index (χ1v) is 11.1.